The second-order valence-electron chi connectivity index (χ2n) is 3.49. The van der Waals surface area contributed by atoms with Gasteiger partial charge in [0, 0.05) is 19.8 Å². The van der Waals surface area contributed by atoms with Crippen molar-refractivity contribution in [2.45, 2.75) is 13.1 Å². The molecule has 0 aromatic carbocycles. The lowest BCUT2D eigenvalue weighted by Crippen LogP contribution is -2.13. The van der Waals surface area contributed by atoms with Crippen LogP contribution in [0.15, 0.2) is 18.6 Å². The number of nitrogens with one attached hydrogen (secondary N) is 2. The van der Waals surface area contributed by atoms with E-state index >= 15 is 0 Å². The van der Waals surface area contributed by atoms with Crippen molar-refractivity contribution in [1.29, 1.82) is 5.26 Å². The average molecular weight is 216 g/mol. The third-order valence-corrected chi connectivity index (χ3v) is 2.26. The van der Waals surface area contributed by atoms with Gasteiger partial charge in [-0.3, -0.25) is 5.10 Å². The first-order chi connectivity index (χ1) is 7.79. The van der Waals surface area contributed by atoms with Gasteiger partial charge < -0.3 is 9.88 Å². The van der Waals surface area contributed by atoms with Crippen LogP contribution < -0.4 is 5.32 Å². The number of aryl methyl sites for hydroxylation is 1. The van der Waals surface area contributed by atoms with Crippen molar-refractivity contribution in [2.75, 3.05) is 0 Å². The van der Waals surface area contributed by atoms with Gasteiger partial charge in [-0.15, -0.1) is 0 Å². The Kier molecular flexibility index (Phi) is 2.98. The second-order valence-corrected chi connectivity index (χ2v) is 3.49. The smallest absolute Gasteiger partial charge is 0.138 e. The van der Waals surface area contributed by atoms with Gasteiger partial charge in [0.25, 0.3) is 0 Å². The van der Waals surface area contributed by atoms with Crippen LogP contribution >= 0.6 is 0 Å². The highest BCUT2D eigenvalue weighted by Gasteiger charge is 2.02. The molecule has 0 aliphatic heterocycles. The Morgan fingerprint density at radius 2 is 2.44 bits per heavy atom. The Bertz CT molecular complexity index is 490. The summed E-state index contributed by atoms with van der Waals surface area (Å²) in [6.07, 6.45) is 3.42. The molecule has 0 amide bonds. The van der Waals surface area contributed by atoms with Crippen LogP contribution in [0.1, 0.15) is 17.1 Å². The molecule has 0 aliphatic rings. The van der Waals surface area contributed by atoms with Crippen molar-refractivity contribution in [1.82, 2.24) is 25.1 Å². The number of hydrogen-bond donors (Lipinski definition) is 2. The lowest BCUT2D eigenvalue weighted by molar-refractivity contribution is 0.664. The molecule has 82 valence electrons. The SMILES string of the molecule is Cn1cc(CNCc2ncn[nH]2)cc1C#N. The zero-order chi connectivity index (χ0) is 11.4. The first kappa shape index (κ1) is 10.4. The molecule has 2 heterocycles. The van der Waals surface area contributed by atoms with Gasteiger partial charge in [-0.25, -0.2) is 4.98 Å². The van der Waals surface area contributed by atoms with E-state index in [-0.39, 0.29) is 0 Å². The first-order valence-corrected chi connectivity index (χ1v) is 4.90. The lowest BCUT2D eigenvalue weighted by atomic mass is 10.3. The third kappa shape index (κ3) is 2.27. The molecule has 6 nitrogen and oxygen atoms in total. The van der Waals surface area contributed by atoms with Crippen LogP contribution in [0.4, 0.5) is 0 Å². The highest BCUT2D eigenvalue weighted by Crippen LogP contribution is 2.05. The van der Waals surface area contributed by atoms with Gasteiger partial charge in [0.1, 0.15) is 23.9 Å². The summed E-state index contributed by atoms with van der Waals surface area (Å²) in [5.74, 6) is 0.802. The highest BCUT2D eigenvalue weighted by atomic mass is 15.2. The molecule has 0 fully saturated rings. The monoisotopic (exact) mass is 216 g/mol. The summed E-state index contributed by atoms with van der Waals surface area (Å²) in [4.78, 5) is 4.00. The molecule has 0 aliphatic carbocycles. The maximum absolute atomic E-state index is 8.79. The molecule has 0 saturated heterocycles. The van der Waals surface area contributed by atoms with Gasteiger partial charge in [-0.05, 0) is 11.6 Å². The number of nitrogens with zero attached hydrogens (tertiary/aromatic N) is 4. The Morgan fingerprint density at radius 1 is 1.56 bits per heavy atom. The molecule has 2 aromatic heterocycles. The fourth-order valence-electron chi connectivity index (χ4n) is 1.48. The maximum Gasteiger partial charge on any atom is 0.138 e. The highest BCUT2D eigenvalue weighted by molar-refractivity contribution is 5.28. The fourth-order valence-corrected chi connectivity index (χ4v) is 1.48. The maximum atomic E-state index is 8.79. The molecule has 2 N–H and O–H groups in total. The van der Waals surface area contributed by atoms with E-state index in [1.54, 1.807) is 0 Å². The number of H-pyrrole nitrogens is 1. The molecule has 0 saturated carbocycles. The van der Waals surface area contributed by atoms with E-state index in [2.05, 4.69) is 26.6 Å². The molecule has 16 heavy (non-hydrogen) atoms. The summed E-state index contributed by atoms with van der Waals surface area (Å²) < 4.78 is 1.81. The lowest BCUT2D eigenvalue weighted by Gasteiger charge is -1.99. The number of nitriles is 1. The van der Waals surface area contributed by atoms with Crippen molar-refractivity contribution in [3.8, 4) is 6.07 Å². The van der Waals surface area contributed by atoms with Gasteiger partial charge in [0.05, 0.1) is 6.54 Å². The molecule has 2 aromatic rings. The van der Waals surface area contributed by atoms with Crippen LogP contribution in [0.5, 0.6) is 0 Å². The molecular weight excluding hydrogens is 204 g/mol. The minimum atomic E-state index is 0.636. The van der Waals surface area contributed by atoms with Gasteiger partial charge in [-0.1, -0.05) is 0 Å². The second kappa shape index (κ2) is 4.59. The molecule has 0 radical (unpaired) electrons. The Labute approximate surface area is 92.9 Å². The predicted octanol–water partition coefficient (Wildman–Crippen LogP) is 0.305. The fraction of sp³-hybridized carbons (Fsp3) is 0.300. The number of aromatic nitrogens is 4. The molecule has 0 spiro atoms. The van der Waals surface area contributed by atoms with Gasteiger partial charge in [0.2, 0.25) is 0 Å². The summed E-state index contributed by atoms with van der Waals surface area (Å²) >= 11 is 0. The molecule has 0 bridgehead atoms. The van der Waals surface area contributed by atoms with Crippen LogP contribution in [0.2, 0.25) is 0 Å². The Hall–Kier alpha value is -2.13. The number of aromatic amines is 1. The number of hydrogen-bond acceptors (Lipinski definition) is 4. The predicted molar refractivity (Wildman–Crippen MR) is 57.1 cm³/mol. The quantitative estimate of drug-likeness (QED) is 0.770. The Balaban J connectivity index is 1.88. The van der Waals surface area contributed by atoms with Crippen molar-refractivity contribution in [3.63, 3.8) is 0 Å². The Morgan fingerprint density at radius 3 is 3.06 bits per heavy atom. The van der Waals surface area contributed by atoms with Crippen molar-refractivity contribution >= 4 is 0 Å². The van der Waals surface area contributed by atoms with E-state index < -0.39 is 0 Å². The zero-order valence-electron chi connectivity index (χ0n) is 8.94. The van der Waals surface area contributed by atoms with Gasteiger partial charge in [-0.2, -0.15) is 10.4 Å². The first-order valence-electron chi connectivity index (χ1n) is 4.90. The molecule has 6 heteroatoms. The van der Waals surface area contributed by atoms with Crippen molar-refractivity contribution < 1.29 is 0 Å². The van der Waals surface area contributed by atoms with Crippen molar-refractivity contribution in [2.24, 2.45) is 7.05 Å². The summed E-state index contributed by atoms with van der Waals surface area (Å²) in [7, 11) is 1.86. The van der Waals surface area contributed by atoms with Crippen LogP contribution in [0.3, 0.4) is 0 Å². The van der Waals surface area contributed by atoms with Crippen LogP contribution in [-0.4, -0.2) is 19.7 Å². The molecule has 2 rings (SSSR count). The van der Waals surface area contributed by atoms with Crippen LogP contribution in [0, 0.1) is 11.3 Å². The van der Waals surface area contributed by atoms with E-state index in [0.717, 1.165) is 11.4 Å². The van der Waals surface area contributed by atoms with E-state index in [0.29, 0.717) is 18.8 Å². The molecular formula is C10H12N6. The number of rotatable bonds is 4. The van der Waals surface area contributed by atoms with E-state index in [9.17, 15) is 0 Å². The summed E-state index contributed by atoms with van der Waals surface area (Å²) in [5.41, 5.74) is 1.75. The minimum absolute atomic E-state index is 0.636. The largest absolute Gasteiger partial charge is 0.342 e. The third-order valence-electron chi connectivity index (χ3n) is 2.26. The van der Waals surface area contributed by atoms with Gasteiger partial charge in [0.15, 0.2) is 0 Å². The zero-order valence-corrected chi connectivity index (χ0v) is 8.94. The summed E-state index contributed by atoms with van der Waals surface area (Å²) in [5, 5.41) is 18.5. The van der Waals surface area contributed by atoms with Crippen molar-refractivity contribution in [3.05, 3.63) is 35.7 Å². The van der Waals surface area contributed by atoms with Crippen LogP contribution in [-0.2, 0) is 20.1 Å². The molecule has 0 unspecified atom stereocenters. The standard InChI is InChI=1S/C10H12N6/c1-16-6-8(2-9(16)3-11)4-12-5-10-13-7-14-15-10/h2,6-7,12H,4-5H2,1H3,(H,13,14,15). The average Bonchev–Trinajstić information content (AvgIpc) is 2.88. The minimum Gasteiger partial charge on any atom is -0.342 e. The normalized spacial score (nSPS) is 10.2. The molecule has 0 atom stereocenters. The van der Waals surface area contributed by atoms with Gasteiger partial charge >= 0.3 is 0 Å². The topological polar surface area (TPSA) is 82.3 Å². The van der Waals surface area contributed by atoms with E-state index in [1.165, 1.54) is 6.33 Å². The summed E-state index contributed by atoms with van der Waals surface area (Å²) in [6, 6.07) is 3.99. The van der Waals surface area contributed by atoms with Crippen LogP contribution in [0.25, 0.3) is 0 Å². The summed E-state index contributed by atoms with van der Waals surface area (Å²) in [6.45, 7) is 1.34. The van der Waals surface area contributed by atoms with E-state index in [1.807, 2.05) is 23.9 Å². The van der Waals surface area contributed by atoms with E-state index in [4.69, 9.17) is 5.26 Å².